The fourth-order valence-electron chi connectivity index (χ4n) is 3.82. The molecule has 3 aromatic rings. The van der Waals surface area contributed by atoms with Gasteiger partial charge in [0.1, 0.15) is 5.82 Å². The second-order valence-electron chi connectivity index (χ2n) is 7.89. The van der Waals surface area contributed by atoms with Crippen molar-refractivity contribution >= 4 is 0 Å². The Balaban J connectivity index is 1.90. The zero-order valence-electron chi connectivity index (χ0n) is 18.3. The average molecular weight is 390 g/mol. The van der Waals surface area contributed by atoms with Gasteiger partial charge in [0, 0.05) is 25.2 Å². The van der Waals surface area contributed by atoms with Crippen LogP contribution in [0.3, 0.4) is 0 Å². The van der Waals surface area contributed by atoms with Crippen molar-refractivity contribution in [2.45, 2.75) is 66.1 Å². The molecule has 0 N–H and O–H groups in total. The predicted molar refractivity (Wildman–Crippen MR) is 123 cm³/mol. The minimum atomic E-state index is 0.949. The lowest BCUT2D eigenvalue weighted by Gasteiger charge is -2.24. The molecule has 0 bridgehead atoms. The highest BCUT2D eigenvalue weighted by atomic mass is 15.2. The number of aromatic nitrogens is 2. The molecule has 0 unspecified atom stereocenters. The third-order valence-electron chi connectivity index (χ3n) is 5.49. The van der Waals surface area contributed by atoms with E-state index in [1.54, 1.807) is 0 Å². The lowest BCUT2D eigenvalue weighted by Crippen LogP contribution is -2.26. The predicted octanol–water partition coefficient (Wildman–Crippen LogP) is 6.46. The Morgan fingerprint density at radius 1 is 0.828 bits per heavy atom. The molecule has 29 heavy (non-hydrogen) atoms. The third-order valence-corrected chi connectivity index (χ3v) is 5.49. The van der Waals surface area contributed by atoms with Crippen LogP contribution in [0.15, 0.2) is 60.7 Å². The van der Waals surface area contributed by atoms with Crippen molar-refractivity contribution in [3.8, 4) is 11.4 Å². The molecule has 0 fully saturated rings. The van der Waals surface area contributed by atoms with Crippen LogP contribution in [0.2, 0.25) is 0 Å². The SMILES string of the molecule is CCCCN(Cc1ccccc1)Cc1c(C)nc(-c2ccccc2)n1CCCC. The molecule has 2 aromatic carbocycles. The van der Waals surface area contributed by atoms with Gasteiger partial charge in [-0.25, -0.2) is 4.98 Å². The van der Waals surface area contributed by atoms with E-state index in [0.717, 1.165) is 37.7 Å². The lowest BCUT2D eigenvalue weighted by atomic mass is 10.2. The van der Waals surface area contributed by atoms with E-state index in [9.17, 15) is 0 Å². The van der Waals surface area contributed by atoms with Crippen molar-refractivity contribution in [3.05, 3.63) is 77.6 Å². The summed E-state index contributed by atoms with van der Waals surface area (Å²) in [7, 11) is 0. The maximum atomic E-state index is 5.01. The Labute approximate surface area is 176 Å². The number of benzene rings is 2. The highest BCUT2D eigenvalue weighted by Gasteiger charge is 2.18. The topological polar surface area (TPSA) is 21.1 Å². The highest BCUT2D eigenvalue weighted by Crippen LogP contribution is 2.25. The molecule has 0 spiro atoms. The van der Waals surface area contributed by atoms with Crippen LogP contribution in [0.25, 0.3) is 11.4 Å². The van der Waals surface area contributed by atoms with E-state index in [1.165, 1.54) is 42.5 Å². The molecule has 0 atom stereocenters. The van der Waals surface area contributed by atoms with Gasteiger partial charge in [0.25, 0.3) is 0 Å². The van der Waals surface area contributed by atoms with E-state index >= 15 is 0 Å². The van der Waals surface area contributed by atoms with Gasteiger partial charge in [0.2, 0.25) is 0 Å². The Morgan fingerprint density at radius 2 is 1.48 bits per heavy atom. The van der Waals surface area contributed by atoms with E-state index in [-0.39, 0.29) is 0 Å². The second kappa shape index (κ2) is 11.0. The monoisotopic (exact) mass is 389 g/mol. The van der Waals surface area contributed by atoms with Crippen molar-refractivity contribution in [2.75, 3.05) is 6.54 Å². The van der Waals surface area contributed by atoms with E-state index in [0.29, 0.717) is 0 Å². The molecular formula is C26H35N3. The summed E-state index contributed by atoms with van der Waals surface area (Å²) in [6.45, 7) is 10.8. The number of hydrogen-bond acceptors (Lipinski definition) is 2. The molecule has 0 aliphatic rings. The molecule has 0 radical (unpaired) electrons. The maximum absolute atomic E-state index is 5.01. The van der Waals surface area contributed by atoms with Gasteiger partial charge in [-0.3, -0.25) is 4.90 Å². The van der Waals surface area contributed by atoms with Gasteiger partial charge in [0.05, 0.1) is 11.4 Å². The fraction of sp³-hybridized carbons (Fsp3) is 0.423. The number of aryl methyl sites for hydroxylation is 1. The summed E-state index contributed by atoms with van der Waals surface area (Å²) in [4.78, 5) is 7.59. The molecule has 1 aromatic heterocycles. The summed E-state index contributed by atoms with van der Waals surface area (Å²) in [6.07, 6.45) is 4.81. The van der Waals surface area contributed by atoms with Crippen LogP contribution < -0.4 is 0 Å². The van der Waals surface area contributed by atoms with Crippen molar-refractivity contribution < 1.29 is 0 Å². The Hall–Kier alpha value is -2.39. The van der Waals surface area contributed by atoms with Crippen LogP contribution >= 0.6 is 0 Å². The Morgan fingerprint density at radius 3 is 2.14 bits per heavy atom. The molecule has 0 saturated carbocycles. The van der Waals surface area contributed by atoms with Crippen LogP contribution in [0.5, 0.6) is 0 Å². The molecule has 0 saturated heterocycles. The highest BCUT2D eigenvalue weighted by molar-refractivity contribution is 5.56. The van der Waals surface area contributed by atoms with E-state index in [1.807, 2.05) is 0 Å². The summed E-state index contributed by atoms with van der Waals surface area (Å²) in [5.41, 5.74) is 5.11. The van der Waals surface area contributed by atoms with E-state index in [4.69, 9.17) is 4.98 Å². The largest absolute Gasteiger partial charge is 0.327 e. The number of unbranched alkanes of at least 4 members (excludes halogenated alkanes) is 2. The molecule has 0 aliphatic carbocycles. The van der Waals surface area contributed by atoms with Gasteiger partial charge in [-0.1, -0.05) is 87.4 Å². The summed E-state index contributed by atoms with van der Waals surface area (Å²) in [6, 6.07) is 21.5. The first-order valence-electron chi connectivity index (χ1n) is 11.1. The number of rotatable bonds is 11. The molecule has 154 valence electrons. The van der Waals surface area contributed by atoms with Gasteiger partial charge in [-0.2, -0.15) is 0 Å². The van der Waals surface area contributed by atoms with Crippen LogP contribution in [0.4, 0.5) is 0 Å². The summed E-state index contributed by atoms with van der Waals surface area (Å²) >= 11 is 0. The van der Waals surface area contributed by atoms with Crippen molar-refractivity contribution in [1.29, 1.82) is 0 Å². The first-order chi connectivity index (χ1) is 14.2. The van der Waals surface area contributed by atoms with Crippen LogP contribution in [0, 0.1) is 6.92 Å². The number of nitrogens with zero attached hydrogens (tertiary/aromatic N) is 3. The normalized spacial score (nSPS) is 11.3. The van der Waals surface area contributed by atoms with Gasteiger partial charge in [0.15, 0.2) is 0 Å². The quantitative estimate of drug-likeness (QED) is 0.375. The summed E-state index contributed by atoms with van der Waals surface area (Å²) in [5.74, 6) is 1.11. The van der Waals surface area contributed by atoms with Gasteiger partial charge in [-0.15, -0.1) is 0 Å². The van der Waals surface area contributed by atoms with Crippen LogP contribution in [0.1, 0.15) is 56.5 Å². The standard InChI is InChI=1S/C26H35N3/c1-4-6-18-28(20-23-14-10-8-11-15-23)21-25-22(3)27-26(29(25)19-7-5-2)24-16-12-9-13-17-24/h8-17H,4-7,18-21H2,1-3H3. The second-order valence-corrected chi connectivity index (χ2v) is 7.89. The van der Waals surface area contributed by atoms with Crippen molar-refractivity contribution in [1.82, 2.24) is 14.5 Å². The van der Waals surface area contributed by atoms with Gasteiger partial charge in [-0.05, 0) is 31.9 Å². The van der Waals surface area contributed by atoms with Crippen molar-refractivity contribution in [3.63, 3.8) is 0 Å². The van der Waals surface area contributed by atoms with Gasteiger partial charge < -0.3 is 4.57 Å². The van der Waals surface area contributed by atoms with E-state index in [2.05, 4.69) is 90.9 Å². The zero-order valence-corrected chi connectivity index (χ0v) is 18.3. The molecule has 3 heteroatoms. The molecular weight excluding hydrogens is 354 g/mol. The number of imidazole rings is 1. The van der Waals surface area contributed by atoms with Crippen LogP contribution in [-0.2, 0) is 19.6 Å². The third kappa shape index (κ3) is 5.80. The zero-order chi connectivity index (χ0) is 20.5. The molecule has 0 aliphatic heterocycles. The average Bonchev–Trinajstić information content (AvgIpc) is 3.07. The molecule has 1 heterocycles. The molecule has 3 rings (SSSR count). The minimum absolute atomic E-state index is 0.949. The summed E-state index contributed by atoms with van der Waals surface area (Å²) < 4.78 is 2.47. The van der Waals surface area contributed by atoms with Crippen LogP contribution in [-0.4, -0.2) is 21.0 Å². The first-order valence-corrected chi connectivity index (χ1v) is 11.1. The molecule has 0 amide bonds. The maximum Gasteiger partial charge on any atom is 0.140 e. The lowest BCUT2D eigenvalue weighted by molar-refractivity contribution is 0.245. The first kappa shape index (κ1) is 21.3. The Kier molecular flexibility index (Phi) is 8.06. The van der Waals surface area contributed by atoms with Crippen molar-refractivity contribution in [2.24, 2.45) is 0 Å². The van der Waals surface area contributed by atoms with Gasteiger partial charge >= 0.3 is 0 Å². The summed E-state index contributed by atoms with van der Waals surface area (Å²) in [5, 5.41) is 0. The smallest absolute Gasteiger partial charge is 0.140 e. The fourth-order valence-corrected chi connectivity index (χ4v) is 3.82. The minimum Gasteiger partial charge on any atom is -0.327 e. The van der Waals surface area contributed by atoms with E-state index < -0.39 is 0 Å². The molecule has 3 nitrogen and oxygen atoms in total. The Bertz CT molecular complexity index is 852. The number of hydrogen-bond donors (Lipinski definition) is 0.